The van der Waals surface area contributed by atoms with Gasteiger partial charge in [-0.15, -0.1) is 0 Å². The largest absolute Gasteiger partial charge is 0.494 e. The van der Waals surface area contributed by atoms with Gasteiger partial charge in [-0.05, 0) is 49.6 Å². The maximum Gasteiger partial charge on any atom is 0.273 e. The zero-order chi connectivity index (χ0) is 27.4. The number of nitrogens with zero attached hydrogens (tertiary/aromatic N) is 2. The summed E-state index contributed by atoms with van der Waals surface area (Å²) in [6, 6.07) is 10.8. The van der Waals surface area contributed by atoms with Crippen LogP contribution in [0.25, 0.3) is 11.4 Å². The molecule has 0 amide bonds. The van der Waals surface area contributed by atoms with Crippen molar-refractivity contribution < 1.29 is 10.2 Å². The average molecular weight is 596 g/mol. The Hall–Kier alpha value is -2.97. The van der Waals surface area contributed by atoms with E-state index >= 15 is 0 Å². The van der Waals surface area contributed by atoms with Crippen LogP contribution >= 0.6 is 46.4 Å². The highest BCUT2D eigenvalue weighted by Crippen LogP contribution is 2.36. The molecule has 11 heteroatoms. The number of aromatic amines is 1. The second-order valence-electron chi connectivity index (χ2n) is 8.69. The van der Waals surface area contributed by atoms with E-state index in [0.717, 1.165) is 25.7 Å². The van der Waals surface area contributed by atoms with Crippen molar-refractivity contribution in [3.8, 4) is 23.1 Å². The molecular formula is C27H26Cl4N4O3. The number of rotatable bonds is 10. The zero-order valence-electron chi connectivity index (χ0n) is 20.4. The lowest BCUT2D eigenvalue weighted by Gasteiger charge is -2.12. The maximum atomic E-state index is 12.7. The fourth-order valence-corrected chi connectivity index (χ4v) is 5.19. The number of aromatic hydroxyl groups is 2. The van der Waals surface area contributed by atoms with Crippen LogP contribution in [-0.2, 0) is 6.42 Å². The molecule has 0 aliphatic carbocycles. The predicted octanol–water partition coefficient (Wildman–Crippen LogP) is 8.40. The van der Waals surface area contributed by atoms with Gasteiger partial charge in [0.25, 0.3) is 5.56 Å². The zero-order valence-corrected chi connectivity index (χ0v) is 23.5. The van der Waals surface area contributed by atoms with Gasteiger partial charge >= 0.3 is 0 Å². The average Bonchev–Trinajstić information content (AvgIpc) is 3.34. The van der Waals surface area contributed by atoms with Gasteiger partial charge in [0.05, 0.1) is 26.4 Å². The topological polar surface area (TPSA) is 95.2 Å². The number of unbranched alkanes of at least 4 members (excludes halogenated alkanes) is 2. The highest BCUT2D eigenvalue weighted by atomic mass is 35.5. The Labute approximate surface area is 239 Å². The minimum atomic E-state index is -0.417. The fourth-order valence-electron chi connectivity index (χ4n) is 4.04. The Morgan fingerprint density at radius 1 is 0.947 bits per heavy atom. The van der Waals surface area contributed by atoms with Crippen LogP contribution in [0.2, 0.25) is 20.1 Å². The molecule has 2 aromatic heterocycles. The van der Waals surface area contributed by atoms with E-state index in [1.165, 1.54) is 27.4 Å². The Morgan fingerprint density at radius 2 is 1.66 bits per heavy atom. The summed E-state index contributed by atoms with van der Waals surface area (Å²) in [7, 11) is 0. The van der Waals surface area contributed by atoms with Crippen molar-refractivity contribution in [2.45, 2.75) is 39.0 Å². The van der Waals surface area contributed by atoms with Crippen LogP contribution in [-0.4, -0.2) is 24.6 Å². The van der Waals surface area contributed by atoms with E-state index in [-0.39, 0.29) is 27.5 Å². The number of hydrogen-bond donors (Lipinski definition) is 4. The molecule has 0 saturated heterocycles. The van der Waals surface area contributed by atoms with Gasteiger partial charge in [0.15, 0.2) is 5.88 Å². The third-order valence-electron chi connectivity index (χ3n) is 5.91. The number of anilines is 2. The first-order valence-electron chi connectivity index (χ1n) is 12.0. The first-order chi connectivity index (χ1) is 18.2. The van der Waals surface area contributed by atoms with Gasteiger partial charge in [-0.3, -0.25) is 14.5 Å². The van der Waals surface area contributed by atoms with E-state index < -0.39 is 5.56 Å². The van der Waals surface area contributed by atoms with Crippen molar-refractivity contribution >= 4 is 57.9 Å². The number of hydrogen-bond acceptors (Lipinski definition) is 4. The molecule has 4 aromatic rings. The van der Waals surface area contributed by atoms with Gasteiger partial charge in [-0.25, -0.2) is 4.68 Å². The predicted molar refractivity (Wildman–Crippen MR) is 156 cm³/mol. The van der Waals surface area contributed by atoms with E-state index in [4.69, 9.17) is 46.4 Å². The van der Waals surface area contributed by atoms with Crippen molar-refractivity contribution in [2.24, 2.45) is 0 Å². The summed E-state index contributed by atoms with van der Waals surface area (Å²) in [6.45, 7) is 2.15. The normalized spacial score (nSPS) is 11.5. The van der Waals surface area contributed by atoms with Crippen molar-refractivity contribution in [1.82, 2.24) is 14.3 Å². The number of allylic oxidation sites excluding steroid dienone is 2. The molecule has 0 fully saturated rings. The molecule has 2 heterocycles. The molecule has 0 aliphatic rings. The van der Waals surface area contributed by atoms with Crippen LogP contribution < -0.4 is 10.9 Å². The third kappa shape index (κ3) is 6.18. The van der Waals surface area contributed by atoms with Crippen LogP contribution in [0, 0.1) is 0 Å². The van der Waals surface area contributed by atoms with Crippen LogP contribution in [0.1, 0.15) is 38.2 Å². The number of benzene rings is 2. The van der Waals surface area contributed by atoms with E-state index in [1.807, 2.05) is 0 Å². The van der Waals surface area contributed by atoms with Gasteiger partial charge < -0.3 is 15.5 Å². The van der Waals surface area contributed by atoms with Gasteiger partial charge in [0.1, 0.15) is 11.5 Å². The summed E-state index contributed by atoms with van der Waals surface area (Å²) in [6.07, 6.45) is 8.88. The number of nitrogens with one attached hydrogen (secondary N) is 2. The second-order valence-corrected chi connectivity index (χ2v) is 10.3. The summed E-state index contributed by atoms with van der Waals surface area (Å²) in [5.41, 5.74) is 1.37. The molecule has 0 aliphatic heterocycles. The van der Waals surface area contributed by atoms with E-state index in [9.17, 15) is 15.0 Å². The van der Waals surface area contributed by atoms with Crippen LogP contribution in [0.4, 0.5) is 11.5 Å². The van der Waals surface area contributed by atoms with Gasteiger partial charge in [0, 0.05) is 22.7 Å². The fraction of sp³-hybridized carbons (Fsp3) is 0.222. The van der Waals surface area contributed by atoms with Crippen molar-refractivity contribution in [1.29, 1.82) is 0 Å². The standard InChI is InChI=1S/C27H26Cl4N4O3/c1-2-3-4-5-6-7-8-16-11-24(36)34(27(16)38)18-9-10-19(29)22(14-18)32-23-15-25(37)35(33-23)26-20(30)12-17(28)13-21(26)31/h5-6,9-15,32-33,36,38H,2-4,7-8H2,1H3. The maximum absolute atomic E-state index is 12.7. The highest BCUT2D eigenvalue weighted by Gasteiger charge is 2.18. The first kappa shape index (κ1) is 28.0. The summed E-state index contributed by atoms with van der Waals surface area (Å²) in [5.74, 6) is 0.157. The number of aryl methyl sites for hydroxylation is 1. The molecule has 0 spiro atoms. The first-order valence-corrected chi connectivity index (χ1v) is 13.5. The van der Waals surface area contributed by atoms with Crippen molar-refractivity contribution in [3.05, 3.63) is 90.6 Å². The van der Waals surface area contributed by atoms with E-state index in [2.05, 4.69) is 29.5 Å². The molecule has 4 N–H and O–H groups in total. The molecular weight excluding hydrogens is 570 g/mol. The third-order valence-corrected chi connectivity index (χ3v) is 7.03. The Morgan fingerprint density at radius 3 is 2.37 bits per heavy atom. The van der Waals surface area contributed by atoms with Crippen molar-refractivity contribution in [2.75, 3.05) is 5.32 Å². The number of halogens is 4. The van der Waals surface area contributed by atoms with Gasteiger partial charge in [0.2, 0.25) is 5.88 Å². The Balaban J connectivity index is 1.58. The van der Waals surface area contributed by atoms with E-state index in [0.29, 0.717) is 39.2 Å². The summed E-state index contributed by atoms with van der Waals surface area (Å²) in [4.78, 5) is 12.7. The summed E-state index contributed by atoms with van der Waals surface area (Å²) >= 11 is 24.9. The van der Waals surface area contributed by atoms with Gasteiger partial charge in [-0.2, -0.15) is 0 Å². The van der Waals surface area contributed by atoms with Crippen molar-refractivity contribution in [3.63, 3.8) is 0 Å². The molecule has 0 atom stereocenters. The molecule has 0 unspecified atom stereocenters. The van der Waals surface area contributed by atoms with Gasteiger partial charge in [-0.1, -0.05) is 78.3 Å². The molecule has 0 bridgehead atoms. The molecule has 2 aromatic carbocycles. The Bertz CT molecular complexity index is 1510. The smallest absolute Gasteiger partial charge is 0.273 e. The molecule has 38 heavy (non-hydrogen) atoms. The lowest BCUT2D eigenvalue weighted by atomic mass is 10.1. The number of aromatic nitrogens is 3. The molecule has 4 rings (SSSR count). The van der Waals surface area contributed by atoms with E-state index in [1.54, 1.807) is 24.3 Å². The van der Waals surface area contributed by atoms with Crippen LogP contribution in [0.5, 0.6) is 11.8 Å². The lowest BCUT2D eigenvalue weighted by molar-refractivity contribution is 0.400. The quantitative estimate of drug-likeness (QED) is 0.109. The monoisotopic (exact) mass is 594 g/mol. The SMILES string of the molecule is CCCCC=CCCc1cc(O)n(-c2ccc(Cl)c(Nc3cc(=O)n(-c4c(Cl)cc(Cl)cc4Cl)[nH]3)c2)c1O. The molecule has 7 nitrogen and oxygen atoms in total. The molecule has 0 radical (unpaired) electrons. The summed E-state index contributed by atoms with van der Waals surface area (Å²) in [5, 5.41) is 28.5. The van der Waals surface area contributed by atoms with Crippen LogP contribution in [0.3, 0.4) is 0 Å². The Kier molecular flexibility index (Phi) is 9.05. The second kappa shape index (κ2) is 12.3. The molecule has 200 valence electrons. The lowest BCUT2D eigenvalue weighted by Crippen LogP contribution is -2.14. The minimum absolute atomic E-state index is 0.0516. The minimum Gasteiger partial charge on any atom is -0.494 e. The van der Waals surface area contributed by atoms with Crippen LogP contribution in [0.15, 0.2) is 59.4 Å². The summed E-state index contributed by atoms with van der Waals surface area (Å²) < 4.78 is 2.52. The highest BCUT2D eigenvalue weighted by molar-refractivity contribution is 6.40. The number of H-pyrrole nitrogens is 1. The molecule has 0 saturated carbocycles.